The number of rotatable bonds is 7. The van der Waals surface area contributed by atoms with E-state index >= 15 is 8.78 Å². The van der Waals surface area contributed by atoms with Crippen molar-refractivity contribution in [2.45, 2.75) is 62.3 Å². The molecule has 0 radical (unpaired) electrons. The molecular formula is C27H25Cl4F2N3O5. The van der Waals surface area contributed by atoms with Gasteiger partial charge in [-0.2, -0.15) is 0 Å². The molecule has 1 saturated heterocycles. The fourth-order valence-corrected chi connectivity index (χ4v) is 7.26. The molecule has 3 aliphatic rings. The van der Waals surface area contributed by atoms with Gasteiger partial charge in [-0.05, 0) is 43.2 Å². The van der Waals surface area contributed by atoms with Crippen molar-refractivity contribution in [3.8, 4) is 0 Å². The zero-order chi connectivity index (χ0) is 30.0. The van der Waals surface area contributed by atoms with Crippen molar-refractivity contribution in [3.63, 3.8) is 0 Å². The SMILES string of the molecule is C[C@@H](C(=O)N(c1cc(Cl)cc(Cl)c1)C1CC(O)C1)[C@H]1CC(F)(F)CN1[C@@]1(CC(=O)O)C(=O)Nc2c(Cl)cc(Cl)cc21. The smallest absolute Gasteiger partial charge is 0.306 e. The van der Waals surface area contributed by atoms with Crippen LogP contribution in [-0.2, 0) is 19.9 Å². The quantitative estimate of drug-likeness (QED) is 0.348. The van der Waals surface area contributed by atoms with E-state index in [1.165, 1.54) is 42.2 Å². The van der Waals surface area contributed by atoms with Crippen LogP contribution in [0.25, 0.3) is 0 Å². The van der Waals surface area contributed by atoms with E-state index in [1.807, 2.05) is 0 Å². The van der Waals surface area contributed by atoms with Crippen molar-refractivity contribution in [3.05, 3.63) is 56.0 Å². The number of carbonyl (C=O) groups excluding carboxylic acids is 2. The van der Waals surface area contributed by atoms with Gasteiger partial charge in [0.1, 0.15) is 5.54 Å². The van der Waals surface area contributed by atoms with Crippen molar-refractivity contribution in [1.29, 1.82) is 0 Å². The van der Waals surface area contributed by atoms with E-state index in [9.17, 15) is 24.6 Å². The molecular weight excluding hydrogens is 626 g/mol. The van der Waals surface area contributed by atoms with E-state index in [0.29, 0.717) is 5.69 Å². The van der Waals surface area contributed by atoms with Gasteiger partial charge in [0, 0.05) is 44.8 Å². The average molecular weight is 651 g/mol. The largest absolute Gasteiger partial charge is 0.481 e. The number of alkyl halides is 2. The number of carbonyl (C=O) groups is 3. The second-order valence-corrected chi connectivity index (χ2v) is 12.6. The van der Waals surface area contributed by atoms with E-state index in [4.69, 9.17) is 46.4 Å². The summed E-state index contributed by atoms with van der Waals surface area (Å²) in [5.41, 5.74) is -1.67. The first-order chi connectivity index (χ1) is 19.1. The van der Waals surface area contributed by atoms with Gasteiger partial charge >= 0.3 is 5.97 Å². The summed E-state index contributed by atoms with van der Waals surface area (Å²) in [5.74, 6) is -7.36. The first kappa shape index (κ1) is 30.3. The van der Waals surface area contributed by atoms with E-state index in [-0.39, 0.29) is 44.2 Å². The highest BCUT2D eigenvalue weighted by molar-refractivity contribution is 6.38. The first-order valence-electron chi connectivity index (χ1n) is 12.8. The van der Waals surface area contributed by atoms with Crippen LogP contribution >= 0.6 is 46.4 Å². The van der Waals surface area contributed by atoms with Crippen molar-refractivity contribution in [2.75, 3.05) is 16.8 Å². The summed E-state index contributed by atoms with van der Waals surface area (Å²) in [6, 6.07) is 5.47. The van der Waals surface area contributed by atoms with Crippen LogP contribution < -0.4 is 10.2 Å². The third kappa shape index (κ3) is 5.39. The van der Waals surface area contributed by atoms with Crippen LogP contribution in [0.4, 0.5) is 20.2 Å². The molecule has 0 unspecified atom stereocenters. The fraction of sp³-hybridized carbons (Fsp3) is 0.444. The van der Waals surface area contributed by atoms with Crippen molar-refractivity contribution >= 4 is 75.6 Å². The number of benzene rings is 2. The van der Waals surface area contributed by atoms with Crippen molar-refractivity contribution in [2.24, 2.45) is 5.92 Å². The standard InChI is InChI=1S/C27H25Cl4F2N3O5/c1-12(24(40)36(17-7-18(37)8-17)16-3-13(28)2-14(29)4-16)21-9-26(32,33)11-35(21)27(10-22(38)39)19-5-15(30)6-20(31)23(19)34-25(27)41/h2-6,12,17-18,21,37H,7-11H2,1H3,(H,34,41)(H,38,39)/t12-,17?,18?,21-,27-/m1/s1. The summed E-state index contributed by atoms with van der Waals surface area (Å²) < 4.78 is 30.5. The van der Waals surface area contributed by atoms with Gasteiger partial charge < -0.3 is 20.4 Å². The van der Waals surface area contributed by atoms with Crippen LogP contribution in [0.5, 0.6) is 0 Å². The summed E-state index contributed by atoms with van der Waals surface area (Å²) >= 11 is 24.9. The summed E-state index contributed by atoms with van der Waals surface area (Å²) in [6.07, 6.45) is -1.82. The maximum Gasteiger partial charge on any atom is 0.306 e. The molecule has 1 saturated carbocycles. The van der Waals surface area contributed by atoms with Gasteiger partial charge in [-0.15, -0.1) is 0 Å². The van der Waals surface area contributed by atoms with E-state index < -0.39 is 72.7 Å². The molecule has 1 aliphatic carbocycles. The Kier molecular flexibility index (Phi) is 7.98. The molecule has 41 heavy (non-hydrogen) atoms. The predicted molar refractivity (Wildman–Crippen MR) is 151 cm³/mol. The summed E-state index contributed by atoms with van der Waals surface area (Å²) in [5, 5.41) is 23.0. The van der Waals surface area contributed by atoms with Crippen LogP contribution in [0.2, 0.25) is 20.1 Å². The maximum absolute atomic E-state index is 15.2. The molecule has 2 aromatic rings. The Morgan fingerprint density at radius 1 is 1.10 bits per heavy atom. The second-order valence-electron chi connectivity index (χ2n) is 10.9. The molecule has 2 fully saturated rings. The molecule has 0 aromatic heterocycles. The third-order valence-electron chi connectivity index (χ3n) is 8.10. The molecule has 2 aliphatic heterocycles. The molecule has 0 bridgehead atoms. The summed E-state index contributed by atoms with van der Waals surface area (Å²) in [7, 11) is 0. The zero-order valence-electron chi connectivity index (χ0n) is 21.5. The van der Waals surface area contributed by atoms with Gasteiger partial charge in [-0.1, -0.05) is 53.3 Å². The molecule has 2 amide bonds. The topological polar surface area (TPSA) is 110 Å². The monoisotopic (exact) mass is 649 g/mol. The Morgan fingerprint density at radius 3 is 2.29 bits per heavy atom. The number of hydrogen-bond acceptors (Lipinski definition) is 5. The highest BCUT2D eigenvalue weighted by Crippen LogP contribution is 2.52. The van der Waals surface area contributed by atoms with Crippen LogP contribution in [0.3, 0.4) is 0 Å². The normalized spacial score (nSPS) is 27.6. The number of aliphatic carboxylic acids is 1. The molecule has 8 nitrogen and oxygen atoms in total. The van der Waals surface area contributed by atoms with E-state index in [2.05, 4.69) is 5.32 Å². The Morgan fingerprint density at radius 2 is 1.71 bits per heavy atom. The lowest BCUT2D eigenvalue weighted by atomic mass is 9.82. The molecule has 220 valence electrons. The lowest BCUT2D eigenvalue weighted by Gasteiger charge is -2.45. The number of nitrogens with one attached hydrogen (secondary N) is 1. The van der Waals surface area contributed by atoms with Gasteiger partial charge in [-0.3, -0.25) is 19.3 Å². The van der Waals surface area contributed by atoms with Crippen molar-refractivity contribution in [1.82, 2.24) is 4.90 Å². The number of halogens is 6. The van der Waals surface area contributed by atoms with Gasteiger partial charge in [0.05, 0.1) is 35.7 Å². The molecule has 5 rings (SSSR count). The number of amides is 2. The Bertz CT molecular complexity index is 1420. The fourth-order valence-electron chi connectivity index (χ4n) is 6.21. The molecule has 3 N–H and O–H groups in total. The minimum absolute atomic E-state index is 0.0206. The number of hydrogen-bond donors (Lipinski definition) is 3. The van der Waals surface area contributed by atoms with Gasteiger partial charge in [-0.25, -0.2) is 8.78 Å². The van der Waals surface area contributed by atoms with E-state index in [0.717, 1.165) is 4.90 Å². The number of carboxylic acids is 1. The van der Waals surface area contributed by atoms with Crippen LogP contribution in [0.1, 0.15) is 38.2 Å². The highest BCUT2D eigenvalue weighted by atomic mass is 35.5. The molecule has 3 atom stereocenters. The Balaban J connectivity index is 1.60. The van der Waals surface area contributed by atoms with Crippen LogP contribution in [-0.4, -0.2) is 63.6 Å². The number of nitrogens with zero attached hydrogens (tertiary/aromatic N) is 2. The van der Waals surface area contributed by atoms with Gasteiger partial charge in [0.2, 0.25) is 11.8 Å². The average Bonchev–Trinajstić information content (AvgIpc) is 3.30. The van der Waals surface area contributed by atoms with Crippen LogP contribution in [0, 0.1) is 5.92 Å². The number of aliphatic hydroxyl groups is 1. The lowest BCUT2D eigenvalue weighted by molar-refractivity contribution is -0.147. The van der Waals surface area contributed by atoms with E-state index in [1.54, 1.807) is 0 Å². The molecule has 2 heterocycles. The minimum Gasteiger partial charge on any atom is -0.481 e. The molecule has 0 spiro atoms. The predicted octanol–water partition coefficient (Wildman–Crippen LogP) is 5.82. The number of anilines is 2. The van der Waals surface area contributed by atoms with Gasteiger partial charge in [0.25, 0.3) is 5.92 Å². The Hall–Kier alpha value is -2.21. The first-order valence-corrected chi connectivity index (χ1v) is 14.3. The number of carboxylic acid groups (broad SMARTS) is 1. The number of likely N-dealkylation sites (tertiary alicyclic amines) is 1. The van der Waals surface area contributed by atoms with Crippen LogP contribution in [0.15, 0.2) is 30.3 Å². The van der Waals surface area contributed by atoms with Gasteiger partial charge in [0.15, 0.2) is 0 Å². The molecule has 14 heteroatoms. The lowest BCUT2D eigenvalue weighted by Crippen LogP contribution is -2.59. The minimum atomic E-state index is -3.35. The number of fused-ring (bicyclic) bond motifs is 1. The maximum atomic E-state index is 15.2. The third-order valence-corrected chi connectivity index (χ3v) is 9.06. The molecule has 2 aromatic carbocycles. The summed E-state index contributed by atoms with van der Waals surface area (Å²) in [4.78, 5) is 42.4. The van der Waals surface area contributed by atoms with Crippen molar-refractivity contribution < 1.29 is 33.4 Å². The zero-order valence-corrected chi connectivity index (χ0v) is 24.5. The summed E-state index contributed by atoms with van der Waals surface area (Å²) in [6.45, 7) is 0.480. The highest BCUT2D eigenvalue weighted by Gasteiger charge is 2.62. The Labute approximate surface area is 254 Å². The second kappa shape index (κ2) is 10.8. The number of aliphatic hydroxyl groups excluding tert-OH is 1.